The van der Waals surface area contributed by atoms with E-state index in [1.54, 1.807) is 0 Å². The summed E-state index contributed by atoms with van der Waals surface area (Å²) in [6.07, 6.45) is 0.432. The lowest BCUT2D eigenvalue weighted by molar-refractivity contribution is 0.408. The highest BCUT2D eigenvalue weighted by atomic mass is 16.3. The molecule has 0 spiro atoms. The lowest BCUT2D eigenvalue weighted by Gasteiger charge is -2.13. The number of benzene rings is 2. The second-order valence-electron chi connectivity index (χ2n) is 7.80. The molecule has 1 aliphatic rings. The first-order valence-corrected chi connectivity index (χ1v) is 9.96. The number of aromatic amines is 1. The molecule has 0 amide bonds. The Morgan fingerprint density at radius 2 is 1.80 bits per heavy atom. The molecule has 154 valence electrons. The average molecular weight is 404 g/mol. The second-order valence-corrected chi connectivity index (χ2v) is 7.80. The maximum Gasteiger partial charge on any atom is 0.331 e. The molecule has 0 radical (unpaired) electrons. The second kappa shape index (κ2) is 8.02. The molecule has 2 heterocycles. The fraction of sp³-hybridized carbons (Fsp3) is 0.261. The van der Waals surface area contributed by atoms with Gasteiger partial charge < -0.3 is 10.5 Å². The van der Waals surface area contributed by atoms with Gasteiger partial charge in [0.25, 0.3) is 5.56 Å². The molecule has 1 unspecified atom stereocenters. The van der Waals surface area contributed by atoms with Gasteiger partial charge in [-0.15, -0.1) is 0 Å². The van der Waals surface area contributed by atoms with Crippen molar-refractivity contribution in [1.82, 2.24) is 15.0 Å². The molecule has 4 rings (SSSR count). The van der Waals surface area contributed by atoms with Crippen LogP contribution in [0.5, 0.6) is 5.88 Å². The Labute approximate surface area is 173 Å². The normalized spacial score (nSPS) is 15.8. The molecule has 7 heteroatoms. The monoisotopic (exact) mass is 404 g/mol. The average Bonchev–Trinajstić information content (AvgIpc) is 3.21. The Hall–Kier alpha value is -3.61. The van der Waals surface area contributed by atoms with E-state index >= 15 is 0 Å². The number of nitrogens with zero attached hydrogens (tertiary/aromatic N) is 2. The van der Waals surface area contributed by atoms with Gasteiger partial charge in [-0.05, 0) is 22.6 Å². The summed E-state index contributed by atoms with van der Waals surface area (Å²) in [6.45, 7) is 4.43. The van der Waals surface area contributed by atoms with Crippen LogP contribution in [0.25, 0.3) is 0 Å². The number of aromatic hydroxyl groups is 1. The van der Waals surface area contributed by atoms with Crippen LogP contribution in [0.15, 0.2) is 69.3 Å². The van der Waals surface area contributed by atoms with E-state index in [0.717, 1.165) is 15.7 Å². The Morgan fingerprint density at radius 1 is 1.10 bits per heavy atom. The van der Waals surface area contributed by atoms with E-state index in [1.807, 2.05) is 42.5 Å². The number of hydrazone groups is 1. The predicted octanol–water partition coefficient (Wildman–Crippen LogP) is 2.85. The number of hydrogen-bond donors (Lipinski definition) is 3. The summed E-state index contributed by atoms with van der Waals surface area (Å²) in [5.41, 5.74) is 5.33. The third kappa shape index (κ3) is 3.78. The SMILES string of the molecule is CC(C)c1ccc(C2CC(c3c(O)n(Cc4ccccc4)c(=O)[nH]c3=O)=NN2)cc1. The van der Waals surface area contributed by atoms with Gasteiger partial charge in [0.05, 0.1) is 18.3 Å². The predicted molar refractivity (Wildman–Crippen MR) is 116 cm³/mol. The van der Waals surface area contributed by atoms with Crippen LogP contribution in [0.3, 0.4) is 0 Å². The molecule has 1 aromatic heterocycles. The minimum atomic E-state index is -0.655. The van der Waals surface area contributed by atoms with E-state index in [4.69, 9.17) is 0 Å². The third-order valence-electron chi connectivity index (χ3n) is 5.40. The quantitative estimate of drug-likeness (QED) is 0.609. The summed E-state index contributed by atoms with van der Waals surface area (Å²) in [6, 6.07) is 17.4. The van der Waals surface area contributed by atoms with Gasteiger partial charge in [0.2, 0.25) is 5.88 Å². The van der Waals surface area contributed by atoms with E-state index in [9.17, 15) is 14.7 Å². The fourth-order valence-electron chi connectivity index (χ4n) is 3.64. The van der Waals surface area contributed by atoms with E-state index in [1.165, 1.54) is 5.56 Å². The van der Waals surface area contributed by atoms with Crippen LogP contribution >= 0.6 is 0 Å². The summed E-state index contributed by atoms with van der Waals surface area (Å²) in [5.74, 6) is 0.0764. The van der Waals surface area contributed by atoms with Crippen molar-refractivity contribution in [2.24, 2.45) is 5.10 Å². The topological polar surface area (TPSA) is 99.5 Å². The van der Waals surface area contributed by atoms with Crippen LogP contribution in [0.1, 0.15) is 54.5 Å². The molecule has 0 aliphatic carbocycles. The minimum Gasteiger partial charge on any atom is -0.494 e. The van der Waals surface area contributed by atoms with Crippen LogP contribution in [0, 0.1) is 0 Å². The highest BCUT2D eigenvalue weighted by molar-refractivity contribution is 6.03. The molecular formula is C23H24N4O3. The van der Waals surface area contributed by atoms with Crippen LogP contribution in [0.4, 0.5) is 0 Å². The van der Waals surface area contributed by atoms with Gasteiger partial charge in [-0.2, -0.15) is 5.10 Å². The van der Waals surface area contributed by atoms with Crippen LogP contribution < -0.4 is 16.7 Å². The van der Waals surface area contributed by atoms with E-state index < -0.39 is 11.2 Å². The Morgan fingerprint density at radius 3 is 2.47 bits per heavy atom. The molecule has 1 atom stereocenters. The van der Waals surface area contributed by atoms with Crippen LogP contribution in [-0.2, 0) is 6.54 Å². The van der Waals surface area contributed by atoms with Gasteiger partial charge >= 0.3 is 5.69 Å². The molecule has 2 aromatic carbocycles. The zero-order valence-corrected chi connectivity index (χ0v) is 16.9. The van der Waals surface area contributed by atoms with Crippen molar-refractivity contribution in [2.75, 3.05) is 0 Å². The van der Waals surface area contributed by atoms with Crippen molar-refractivity contribution in [3.05, 3.63) is 97.7 Å². The Kier molecular flexibility index (Phi) is 5.27. The van der Waals surface area contributed by atoms with Gasteiger partial charge in [0.1, 0.15) is 5.56 Å². The zero-order chi connectivity index (χ0) is 21.3. The first-order chi connectivity index (χ1) is 14.4. The molecule has 0 saturated heterocycles. The molecular weight excluding hydrogens is 380 g/mol. The first kappa shape index (κ1) is 19.7. The number of nitrogens with one attached hydrogen (secondary N) is 2. The third-order valence-corrected chi connectivity index (χ3v) is 5.40. The van der Waals surface area contributed by atoms with Gasteiger partial charge in [-0.3, -0.25) is 14.3 Å². The number of aromatic nitrogens is 2. The summed E-state index contributed by atoms with van der Waals surface area (Å²) in [4.78, 5) is 27.1. The summed E-state index contributed by atoms with van der Waals surface area (Å²) in [7, 11) is 0. The highest BCUT2D eigenvalue weighted by Gasteiger charge is 2.27. The summed E-state index contributed by atoms with van der Waals surface area (Å²) >= 11 is 0. The van der Waals surface area contributed by atoms with Crippen molar-refractivity contribution >= 4 is 5.71 Å². The molecule has 1 aliphatic heterocycles. The minimum absolute atomic E-state index is 0.0272. The van der Waals surface area contributed by atoms with Gasteiger partial charge in [0.15, 0.2) is 0 Å². The van der Waals surface area contributed by atoms with Gasteiger partial charge in [-0.25, -0.2) is 4.79 Å². The highest BCUT2D eigenvalue weighted by Crippen LogP contribution is 2.27. The Balaban J connectivity index is 1.62. The van der Waals surface area contributed by atoms with Crippen LogP contribution in [-0.4, -0.2) is 20.4 Å². The fourth-order valence-corrected chi connectivity index (χ4v) is 3.64. The molecule has 0 fully saturated rings. The maximum atomic E-state index is 12.5. The standard InChI is InChI=1S/C23H24N4O3/c1-14(2)16-8-10-17(11-9-16)18-12-19(26-25-18)20-21(28)24-23(30)27(22(20)29)13-15-6-4-3-5-7-15/h3-11,14,18,25,29H,12-13H2,1-2H3,(H,24,28,30). The molecule has 0 saturated carbocycles. The zero-order valence-electron chi connectivity index (χ0n) is 16.9. The van der Waals surface area contributed by atoms with Crippen molar-refractivity contribution in [3.63, 3.8) is 0 Å². The maximum absolute atomic E-state index is 12.5. The van der Waals surface area contributed by atoms with Gasteiger partial charge in [0, 0.05) is 6.42 Å². The molecule has 3 N–H and O–H groups in total. The van der Waals surface area contributed by atoms with Crippen molar-refractivity contribution in [1.29, 1.82) is 0 Å². The van der Waals surface area contributed by atoms with Crippen molar-refractivity contribution < 1.29 is 5.11 Å². The van der Waals surface area contributed by atoms with Crippen molar-refractivity contribution in [3.8, 4) is 5.88 Å². The molecule has 30 heavy (non-hydrogen) atoms. The summed E-state index contributed by atoms with van der Waals surface area (Å²) in [5, 5.41) is 15.1. The lowest BCUT2D eigenvalue weighted by Crippen LogP contribution is -2.34. The number of rotatable bonds is 5. The smallest absolute Gasteiger partial charge is 0.331 e. The van der Waals surface area contributed by atoms with Crippen LogP contribution in [0.2, 0.25) is 0 Å². The van der Waals surface area contributed by atoms with E-state index in [2.05, 4.69) is 41.5 Å². The van der Waals surface area contributed by atoms with Crippen molar-refractivity contribution in [2.45, 2.75) is 38.8 Å². The lowest BCUT2D eigenvalue weighted by atomic mass is 9.96. The van der Waals surface area contributed by atoms with Gasteiger partial charge in [-0.1, -0.05) is 68.4 Å². The molecule has 3 aromatic rings. The largest absolute Gasteiger partial charge is 0.494 e. The first-order valence-electron chi connectivity index (χ1n) is 9.96. The number of hydrogen-bond acceptors (Lipinski definition) is 5. The summed E-state index contributed by atoms with van der Waals surface area (Å²) < 4.78 is 1.15. The van der Waals surface area contributed by atoms with E-state index in [0.29, 0.717) is 18.1 Å². The molecule has 7 nitrogen and oxygen atoms in total. The Bertz CT molecular complexity index is 1190. The number of H-pyrrole nitrogens is 1. The van der Waals surface area contributed by atoms with E-state index in [-0.39, 0.29) is 24.0 Å². The molecule has 0 bridgehead atoms.